The van der Waals surface area contributed by atoms with E-state index in [0.717, 1.165) is 13.2 Å². The van der Waals surface area contributed by atoms with E-state index in [4.69, 9.17) is 4.74 Å². The molecule has 1 aromatic rings. The van der Waals surface area contributed by atoms with Crippen molar-refractivity contribution in [1.29, 1.82) is 0 Å². The molecule has 3 nitrogen and oxygen atoms in total. The standard InChI is InChI=1S/C17H26N2O/c1-3-9-18-17(14-8-11-20-12(14)2)15-7-6-13-5-4-10-19-16(13)15/h4-5,10,12,14-15,17-18H,3,6-9,11H2,1-2H3. The molecule has 0 aromatic carbocycles. The van der Waals surface area contributed by atoms with Crippen LogP contribution in [0.3, 0.4) is 0 Å². The van der Waals surface area contributed by atoms with E-state index in [9.17, 15) is 0 Å². The maximum atomic E-state index is 5.81. The molecule has 0 bridgehead atoms. The highest BCUT2D eigenvalue weighted by Gasteiger charge is 2.39. The second-order valence-electron chi connectivity index (χ2n) is 6.20. The van der Waals surface area contributed by atoms with Crippen LogP contribution in [0.1, 0.15) is 50.3 Å². The smallest absolute Gasteiger partial charge is 0.0591 e. The van der Waals surface area contributed by atoms with Gasteiger partial charge in [0, 0.05) is 36.4 Å². The van der Waals surface area contributed by atoms with Crippen LogP contribution < -0.4 is 5.32 Å². The summed E-state index contributed by atoms with van der Waals surface area (Å²) in [5.41, 5.74) is 2.78. The van der Waals surface area contributed by atoms with Crippen molar-refractivity contribution >= 4 is 0 Å². The third-order valence-corrected chi connectivity index (χ3v) is 4.96. The van der Waals surface area contributed by atoms with Crippen LogP contribution >= 0.6 is 0 Å². The molecule has 0 amide bonds. The summed E-state index contributed by atoms with van der Waals surface area (Å²) in [5, 5.41) is 3.80. The minimum absolute atomic E-state index is 0.372. The van der Waals surface area contributed by atoms with Gasteiger partial charge in [0.25, 0.3) is 0 Å². The number of aromatic nitrogens is 1. The van der Waals surface area contributed by atoms with E-state index in [1.807, 2.05) is 6.20 Å². The second-order valence-corrected chi connectivity index (χ2v) is 6.20. The first-order chi connectivity index (χ1) is 9.81. The van der Waals surface area contributed by atoms with Crippen molar-refractivity contribution < 1.29 is 4.74 Å². The molecule has 0 saturated carbocycles. The Bertz CT molecular complexity index is 448. The highest BCUT2D eigenvalue weighted by atomic mass is 16.5. The highest BCUT2D eigenvalue weighted by molar-refractivity contribution is 5.30. The fourth-order valence-corrected chi connectivity index (χ4v) is 3.92. The number of nitrogens with one attached hydrogen (secondary N) is 1. The molecule has 4 unspecified atom stereocenters. The van der Waals surface area contributed by atoms with Gasteiger partial charge in [0.05, 0.1) is 6.10 Å². The molecular formula is C17H26N2O. The van der Waals surface area contributed by atoms with Crippen LogP contribution in [0.25, 0.3) is 0 Å². The lowest BCUT2D eigenvalue weighted by atomic mass is 9.82. The van der Waals surface area contributed by atoms with Gasteiger partial charge in [-0.05, 0) is 50.8 Å². The van der Waals surface area contributed by atoms with E-state index in [1.54, 1.807) is 0 Å². The van der Waals surface area contributed by atoms with Gasteiger partial charge in [-0.2, -0.15) is 0 Å². The Kier molecular flexibility index (Phi) is 4.37. The Labute approximate surface area is 122 Å². The zero-order chi connectivity index (χ0) is 13.9. The van der Waals surface area contributed by atoms with E-state index < -0.39 is 0 Å². The van der Waals surface area contributed by atoms with Crippen molar-refractivity contribution in [2.45, 2.75) is 57.6 Å². The molecule has 110 valence electrons. The summed E-state index contributed by atoms with van der Waals surface area (Å²) in [5.74, 6) is 1.19. The number of hydrogen-bond acceptors (Lipinski definition) is 3. The zero-order valence-electron chi connectivity index (χ0n) is 12.6. The summed E-state index contributed by atoms with van der Waals surface area (Å²) in [6, 6.07) is 4.83. The molecule has 2 aliphatic rings. The van der Waals surface area contributed by atoms with E-state index in [0.29, 0.717) is 24.0 Å². The molecule has 1 N–H and O–H groups in total. The molecule has 1 fully saturated rings. The quantitative estimate of drug-likeness (QED) is 0.896. The first-order valence-corrected chi connectivity index (χ1v) is 8.10. The SMILES string of the molecule is CCCNC(C1CCc2cccnc21)C1CCOC1C. The number of aryl methyl sites for hydroxylation is 1. The number of hydrogen-bond donors (Lipinski definition) is 1. The maximum absolute atomic E-state index is 5.81. The number of rotatable bonds is 5. The Balaban J connectivity index is 1.82. The summed E-state index contributed by atoms with van der Waals surface area (Å²) in [7, 11) is 0. The van der Waals surface area contributed by atoms with Gasteiger partial charge in [-0.1, -0.05) is 13.0 Å². The largest absolute Gasteiger partial charge is 0.378 e. The molecular weight excluding hydrogens is 248 g/mol. The topological polar surface area (TPSA) is 34.2 Å². The fraction of sp³-hybridized carbons (Fsp3) is 0.706. The van der Waals surface area contributed by atoms with Gasteiger partial charge in [-0.3, -0.25) is 4.98 Å². The molecule has 0 radical (unpaired) electrons. The predicted octanol–water partition coefficient (Wildman–Crippen LogP) is 2.90. The lowest BCUT2D eigenvalue weighted by Gasteiger charge is -2.32. The summed E-state index contributed by atoms with van der Waals surface area (Å²) < 4.78 is 5.81. The molecule has 1 aliphatic heterocycles. The molecule has 3 heteroatoms. The van der Waals surface area contributed by atoms with Crippen LogP contribution in [-0.4, -0.2) is 30.3 Å². The molecule has 3 rings (SSSR count). The summed E-state index contributed by atoms with van der Waals surface area (Å²) in [6.45, 7) is 6.47. The second kappa shape index (κ2) is 6.23. The Morgan fingerprint density at radius 2 is 2.35 bits per heavy atom. The van der Waals surface area contributed by atoms with Gasteiger partial charge in [0.1, 0.15) is 0 Å². The van der Waals surface area contributed by atoms with E-state index in [2.05, 4.69) is 36.3 Å². The van der Waals surface area contributed by atoms with Gasteiger partial charge in [-0.15, -0.1) is 0 Å². The van der Waals surface area contributed by atoms with Crippen molar-refractivity contribution in [3.63, 3.8) is 0 Å². The minimum Gasteiger partial charge on any atom is -0.378 e. The van der Waals surface area contributed by atoms with Crippen molar-refractivity contribution in [3.05, 3.63) is 29.6 Å². The van der Waals surface area contributed by atoms with E-state index in [1.165, 1.54) is 36.9 Å². The van der Waals surface area contributed by atoms with Crippen LogP contribution in [0.15, 0.2) is 18.3 Å². The molecule has 1 aliphatic carbocycles. The first-order valence-electron chi connectivity index (χ1n) is 8.10. The van der Waals surface area contributed by atoms with Crippen molar-refractivity contribution in [2.75, 3.05) is 13.2 Å². The molecule has 4 atom stereocenters. The lowest BCUT2D eigenvalue weighted by molar-refractivity contribution is 0.0914. The minimum atomic E-state index is 0.372. The van der Waals surface area contributed by atoms with Crippen molar-refractivity contribution in [2.24, 2.45) is 5.92 Å². The Morgan fingerprint density at radius 1 is 1.45 bits per heavy atom. The first kappa shape index (κ1) is 14.0. The van der Waals surface area contributed by atoms with Gasteiger partial charge in [-0.25, -0.2) is 0 Å². The third kappa shape index (κ3) is 2.61. The van der Waals surface area contributed by atoms with Crippen LogP contribution in [-0.2, 0) is 11.2 Å². The number of pyridine rings is 1. The molecule has 1 saturated heterocycles. The average molecular weight is 274 g/mol. The molecule has 0 spiro atoms. The van der Waals surface area contributed by atoms with Crippen LogP contribution in [0.4, 0.5) is 0 Å². The Morgan fingerprint density at radius 3 is 3.10 bits per heavy atom. The van der Waals surface area contributed by atoms with E-state index >= 15 is 0 Å². The van der Waals surface area contributed by atoms with Crippen LogP contribution in [0, 0.1) is 5.92 Å². The summed E-state index contributed by atoms with van der Waals surface area (Å²) in [4.78, 5) is 4.69. The molecule has 20 heavy (non-hydrogen) atoms. The van der Waals surface area contributed by atoms with Crippen LogP contribution in [0.2, 0.25) is 0 Å². The Hall–Kier alpha value is -0.930. The average Bonchev–Trinajstić information content (AvgIpc) is 3.07. The predicted molar refractivity (Wildman–Crippen MR) is 80.9 cm³/mol. The number of ether oxygens (including phenoxy) is 1. The van der Waals surface area contributed by atoms with E-state index in [-0.39, 0.29) is 0 Å². The van der Waals surface area contributed by atoms with Gasteiger partial charge in [0.15, 0.2) is 0 Å². The fourth-order valence-electron chi connectivity index (χ4n) is 3.92. The van der Waals surface area contributed by atoms with Gasteiger partial charge >= 0.3 is 0 Å². The number of fused-ring (bicyclic) bond motifs is 1. The normalized spacial score (nSPS) is 30.4. The summed E-state index contributed by atoms with van der Waals surface area (Å²) >= 11 is 0. The zero-order valence-corrected chi connectivity index (χ0v) is 12.6. The van der Waals surface area contributed by atoms with Gasteiger partial charge in [0.2, 0.25) is 0 Å². The van der Waals surface area contributed by atoms with Gasteiger partial charge < -0.3 is 10.1 Å². The lowest BCUT2D eigenvalue weighted by Crippen LogP contribution is -2.43. The van der Waals surface area contributed by atoms with Crippen molar-refractivity contribution in [3.8, 4) is 0 Å². The maximum Gasteiger partial charge on any atom is 0.0591 e. The molecule has 2 heterocycles. The van der Waals surface area contributed by atoms with Crippen LogP contribution in [0.5, 0.6) is 0 Å². The monoisotopic (exact) mass is 274 g/mol. The number of nitrogens with zero attached hydrogens (tertiary/aromatic N) is 1. The molecule has 1 aromatic heterocycles. The highest BCUT2D eigenvalue weighted by Crippen LogP contribution is 2.39. The third-order valence-electron chi connectivity index (χ3n) is 4.96. The van der Waals surface area contributed by atoms with Crippen molar-refractivity contribution in [1.82, 2.24) is 10.3 Å². The summed E-state index contributed by atoms with van der Waals surface area (Å²) in [6.07, 6.45) is 7.10.